The highest BCUT2D eigenvalue weighted by molar-refractivity contribution is 5.94. The van der Waals surface area contributed by atoms with Gasteiger partial charge in [0, 0.05) is 5.56 Å². The van der Waals surface area contributed by atoms with Crippen LogP contribution in [0.15, 0.2) is 36.5 Å². The van der Waals surface area contributed by atoms with Crippen LogP contribution in [0.3, 0.4) is 0 Å². The standard InChI is InChI=1S/C17H20N2O2/c20-17(21)15-12-18-19(14-10-6-1-2-7-11-14)16(15)13-8-4-3-5-9-13/h3-5,8-9,12,14H,1-2,6-7,10-11H2,(H,20,21). The first-order valence-corrected chi connectivity index (χ1v) is 7.63. The molecule has 0 bridgehead atoms. The average Bonchev–Trinajstić information content (AvgIpc) is 2.77. The van der Waals surface area contributed by atoms with E-state index in [1.54, 1.807) is 0 Å². The normalized spacial score (nSPS) is 16.6. The third-order valence-corrected chi connectivity index (χ3v) is 4.24. The van der Waals surface area contributed by atoms with Gasteiger partial charge in [-0.3, -0.25) is 4.68 Å². The Hall–Kier alpha value is -2.10. The number of aromatic carboxylic acids is 1. The van der Waals surface area contributed by atoms with E-state index in [0.717, 1.165) is 24.1 Å². The molecule has 1 aromatic carbocycles. The largest absolute Gasteiger partial charge is 0.478 e. The summed E-state index contributed by atoms with van der Waals surface area (Å²) in [5, 5.41) is 13.9. The Labute approximate surface area is 124 Å². The maximum atomic E-state index is 11.5. The lowest BCUT2D eigenvalue weighted by Gasteiger charge is -2.18. The van der Waals surface area contributed by atoms with Gasteiger partial charge in [0.05, 0.1) is 17.9 Å². The van der Waals surface area contributed by atoms with Crippen LogP contribution in [-0.4, -0.2) is 20.9 Å². The van der Waals surface area contributed by atoms with Gasteiger partial charge >= 0.3 is 5.97 Å². The van der Waals surface area contributed by atoms with Crippen molar-refractivity contribution in [3.63, 3.8) is 0 Å². The van der Waals surface area contributed by atoms with E-state index in [1.807, 2.05) is 35.0 Å². The van der Waals surface area contributed by atoms with E-state index < -0.39 is 5.97 Å². The van der Waals surface area contributed by atoms with E-state index in [4.69, 9.17) is 0 Å². The molecule has 1 heterocycles. The van der Waals surface area contributed by atoms with E-state index in [-0.39, 0.29) is 0 Å². The summed E-state index contributed by atoms with van der Waals surface area (Å²) < 4.78 is 1.95. The smallest absolute Gasteiger partial charge is 0.339 e. The van der Waals surface area contributed by atoms with Crippen molar-refractivity contribution < 1.29 is 9.90 Å². The molecule has 1 N–H and O–H groups in total. The second-order valence-electron chi connectivity index (χ2n) is 5.67. The number of rotatable bonds is 3. The molecule has 4 nitrogen and oxygen atoms in total. The summed E-state index contributed by atoms with van der Waals surface area (Å²) in [7, 11) is 0. The predicted octanol–water partition coefficient (Wildman–Crippen LogP) is 4.14. The maximum Gasteiger partial charge on any atom is 0.339 e. The minimum absolute atomic E-state index is 0.297. The Morgan fingerprint density at radius 2 is 1.76 bits per heavy atom. The van der Waals surface area contributed by atoms with Crippen LogP contribution in [0.25, 0.3) is 11.3 Å². The summed E-state index contributed by atoms with van der Waals surface area (Å²) in [5.41, 5.74) is 1.97. The van der Waals surface area contributed by atoms with Gasteiger partial charge in [0.25, 0.3) is 0 Å². The molecule has 0 amide bonds. The lowest BCUT2D eigenvalue weighted by atomic mass is 10.0. The van der Waals surface area contributed by atoms with Crippen LogP contribution < -0.4 is 0 Å². The van der Waals surface area contributed by atoms with Crippen LogP contribution in [0.1, 0.15) is 54.9 Å². The van der Waals surface area contributed by atoms with Crippen molar-refractivity contribution >= 4 is 5.97 Å². The first kappa shape index (κ1) is 13.9. The van der Waals surface area contributed by atoms with Gasteiger partial charge in [0.15, 0.2) is 0 Å². The predicted molar refractivity (Wildman–Crippen MR) is 81.4 cm³/mol. The molecule has 0 spiro atoms. The summed E-state index contributed by atoms with van der Waals surface area (Å²) in [6.07, 6.45) is 8.59. The first-order chi connectivity index (χ1) is 10.3. The van der Waals surface area contributed by atoms with Gasteiger partial charge in [-0.05, 0) is 12.8 Å². The second kappa shape index (κ2) is 6.12. The molecule has 0 radical (unpaired) electrons. The number of benzene rings is 1. The quantitative estimate of drug-likeness (QED) is 0.862. The highest BCUT2D eigenvalue weighted by atomic mass is 16.4. The Bertz CT molecular complexity index is 611. The lowest BCUT2D eigenvalue weighted by Crippen LogP contribution is -2.12. The minimum atomic E-state index is -0.909. The SMILES string of the molecule is O=C(O)c1cnn(C2CCCCCC2)c1-c1ccccc1. The van der Waals surface area contributed by atoms with Crippen molar-refractivity contribution in [1.82, 2.24) is 9.78 Å². The van der Waals surface area contributed by atoms with Crippen LogP contribution in [0, 0.1) is 0 Å². The molecule has 1 saturated carbocycles. The van der Waals surface area contributed by atoms with Crippen LogP contribution in [0.5, 0.6) is 0 Å². The van der Waals surface area contributed by atoms with Crippen molar-refractivity contribution in [3.8, 4) is 11.3 Å². The van der Waals surface area contributed by atoms with E-state index in [1.165, 1.54) is 31.9 Å². The van der Waals surface area contributed by atoms with Gasteiger partial charge in [0.2, 0.25) is 0 Å². The number of carbonyl (C=O) groups is 1. The van der Waals surface area contributed by atoms with Gasteiger partial charge in [-0.1, -0.05) is 56.0 Å². The molecule has 0 atom stereocenters. The van der Waals surface area contributed by atoms with E-state index in [2.05, 4.69) is 5.10 Å². The fourth-order valence-electron chi connectivity index (χ4n) is 3.18. The average molecular weight is 284 g/mol. The van der Waals surface area contributed by atoms with Crippen molar-refractivity contribution in [1.29, 1.82) is 0 Å². The monoisotopic (exact) mass is 284 g/mol. The summed E-state index contributed by atoms with van der Waals surface area (Å²) in [4.78, 5) is 11.5. The molecule has 1 aromatic heterocycles. The molecule has 4 heteroatoms. The Kier molecular flexibility index (Phi) is 4.04. The van der Waals surface area contributed by atoms with Crippen molar-refractivity contribution in [2.24, 2.45) is 0 Å². The molecule has 1 fully saturated rings. The third-order valence-electron chi connectivity index (χ3n) is 4.24. The summed E-state index contributed by atoms with van der Waals surface area (Å²) in [6.45, 7) is 0. The molecule has 21 heavy (non-hydrogen) atoms. The lowest BCUT2D eigenvalue weighted by molar-refractivity contribution is 0.0697. The Morgan fingerprint density at radius 3 is 2.38 bits per heavy atom. The van der Waals surface area contributed by atoms with E-state index in [0.29, 0.717) is 11.6 Å². The third kappa shape index (κ3) is 2.84. The number of aromatic nitrogens is 2. The minimum Gasteiger partial charge on any atom is -0.478 e. The fraction of sp³-hybridized carbons (Fsp3) is 0.412. The molecule has 3 rings (SSSR count). The zero-order valence-corrected chi connectivity index (χ0v) is 12.0. The van der Waals surface area contributed by atoms with Gasteiger partial charge in [0.1, 0.15) is 5.56 Å². The zero-order chi connectivity index (χ0) is 14.7. The van der Waals surface area contributed by atoms with E-state index in [9.17, 15) is 9.90 Å². The van der Waals surface area contributed by atoms with Gasteiger partial charge in [-0.25, -0.2) is 4.79 Å². The number of carboxylic acids is 1. The van der Waals surface area contributed by atoms with Crippen LogP contribution in [-0.2, 0) is 0 Å². The van der Waals surface area contributed by atoms with Crippen molar-refractivity contribution in [2.75, 3.05) is 0 Å². The van der Waals surface area contributed by atoms with Crippen molar-refractivity contribution in [3.05, 3.63) is 42.1 Å². The summed E-state index contributed by atoms with van der Waals surface area (Å²) in [6, 6.07) is 10.0. The maximum absolute atomic E-state index is 11.5. The topological polar surface area (TPSA) is 55.1 Å². The zero-order valence-electron chi connectivity index (χ0n) is 12.0. The van der Waals surface area contributed by atoms with Crippen LogP contribution in [0.4, 0.5) is 0 Å². The molecule has 1 aliphatic rings. The van der Waals surface area contributed by atoms with Crippen LogP contribution in [0.2, 0.25) is 0 Å². The van der Waals surface area contributed by atoms with Gasteiger partial charge < -0.3 is 5.11 Å². The Morgan fingerprint density at radius 1 is 1.10 bits per heavy atom. The van der Waals surface area contributed by atoms with Gasteiger partial charge in [-0.2, -0.15) is 5.10 Å². The number of nitrogens with zero attached hydrogens (tertiary/aromatic N) is 2. The molecular weight excluding hydrogens is 264 g/mol. The number of hydrogen-bond acceptors (Lipinski definition) is 2. The molecule has 1 aliphatic carbocycles. The highest BCUT2D eigenvalue weighted by Crippen LogP contribution is 2.33. The van der Waals surface area contributed by atoms with Gasteiger partial charge in [-0.15, -0.1) is 0 Å². The molecule has 0 unspecified atom stereocenters. The molecule has 0 saturated heterocycles. The number of hydrogen-bond donors (Lipinski definition) is 1. The molecular formula is C17H20N2O2. The summed E-state index contributed by atoms with van der Waals surface area (Å²) in [5.74, 6) is -0.909. The molecule has 0 aliphatic heterocycles. The number of carboxylic acid groups (broad SMARTS) is 1. The molecule has 2 aromatic rings. The highest BCUT2D eigenvalue weighted by Gasteiger charge is 2.23. The second-order valence-corrected chi connectivity index (χ2v) is 5.67. The van der Waals surface area contributed by atoms with Crippen molar-refractivity contribution in [2.45, 2.75) is 44.6 Å². The molecule has 110 valence electrons. The fourth-order valence-corrected chi connectivity index (χ4v) is 3.18. The van der Waals surface area contributed by atoms with E-state index >= 15 is 0 Å². The summed E-state index contributed by atoms with van der Waals surface area (Å²) >= 11 is 0. The van der Waals surface area contributed by atoms with Crippen LogP contribution >= 0.6 is 0 Å². The Balaban J connectivity index is 2.06. The first-order valence-electron chi connectivity index (χ1n) is 7.63.